The second kappa shape index (κ2) is 8.90. The minimum Gasteiger partial charge on any atom is -0.497 e. The van der Waals surface area contributed by atoms with E-state index in [0.29, 0.717) is 17.0 Å². The Hall–Kier alpha value is -3.55. The van der Waals surface area contributed by atoms with Gasteiger partial charge in [0.25, 0.3) is 5.91 Å². The van der Waals surface area contributed by atoms with E-state index in [1.165, 1.54) is 0 Å². The van der Waals surface area contributed by atoms with E-state index in [2.05, 4.69) is 16.0 Å². The highest BCUT2D eigenvalue weighted by atomic mass is 16.5. The first-order chi connectivity index (χ1) is 13.6. The Labute approximate surface area is 162 Å². The molecular formula is C20H21N3O5. The van der Waals surface area contributed by atoms with Gasteiger partial charge in [-0.1, -0.05) is 12.1 Å². The van der Waals surface area contributed by atoms with Crippen LogP contribution in [0.3, 0.4) is 0 Å². The van der Waals surface area contributed by atoms with Gasteiger partial charge in [0.15, 0.2) is 0 Å². The van der Waals surface area contributed by atoms with Gasteiger partial charge in [-0.25, -0.2) is 0 Å². The highest BCUT2D eigenvalue weighted by Crippen LogP contribution is 2.19. The monoisotopic (exact) mass is 383 g/mol. The molecule has 1 aliphatic rings. The van der Waals surface area contributed by atoms with Crippen LogP contribution in [0.5, 0.6) is 11.5 Å². The van der Waals surface area contributed by atoms with Crippen LogP contribution in [-0.2, 0) is 9.59 Å². The fraction of sp³-hybridized carbons (Fsp3) is 0.250. The van der Waals surface area contributed by atoms with Gasteiger partial charge in [0.05, 0.1) is 31.3 Å². The highest BCUT2D eigenvalue weighted by Gasteiger charge is 2.29. The lowest BCUT2D eigenvalue weighted by Gasteiger charge is -2.14. The summed E-state index contributed by atoms with van der Waals surface area (Å²) in [4.78, 5) is 36.7. The average Bonchev–Trinajstić information content (AvgIpc) is 2.82. The van der Waals surface area contributed by atoms with Crippen LogP contribution < -0.4 is 25.4 Å². The number of fused-ring (bicyclic) bond motifs is 1. The largest absolute Gasteiger partial charge is 0.497 e. The summed E-state index contributed by atoms with van der Waals surface area (Å²) in [6, 6.07) is 12.8. The van der Waals surface area contributed by atoms with E-state index < -0.39 is 17.9 Å². The van der Waals surface area contributed by atoms with Crippen LogP contribution in [-0.4, -0.2) is 44.0 Å². The number of para-hydroxylation sites is 1. The van der Waals surface area contributed by atoms with Gasteiger partial charge < -0.3 is 25.4 Å². The lowest BCUT2D eigenvalue weighted by molar-refractivity contribution is -0.125. The number of nitrogens with one attached hydrogen (secondary N) is 3. The Kier molecular flexibility index (Phi) is 6.11. The molecule has 28 heavy (non-hydrogen) atoms. The van der Waals surface area contributed by atoms with Crippen LogP contribution >= 0.6 is 0 Å². The molecule has 0 fully saturated rings. The summed E-state index contributed by atoms with van der Waals surface area (Å²) in [5, 5.41) is 7.94. The fourth-order valence-corrected chi connectivity index (χ4v) is 2.74. The fourth-order valence-electron chi connectivity index (χ4n) is 2.74. The van der Waals surface area contributed by atoms with Crippen LogP contribution in [0.25, 0.3) is 0 Å². The van der Waals surface area contributed by atoms with Gasteiger partial charge in [0.2, 0.25) is 11.8 Å². The predicted octanol–water partition coefficient (Wildman–Crippen LogP) is 1.33. The summed E-state index contributed by atoms with van der Waals surface area (Å²) in [6.07, 6.45) is -0.159. The Morgan fingerprint density at radius 2 is 1.79 bits per heavy atom. The van der Waals surface area contributed by atoms with Crippen molar-refractivity contribution < 1.29 is 23.9 Å². The first kappa shape index (κ1) is 19.2. The molecule has 0 aromatic heterocycles. The molecule has 1 unspecified atom stereocenters. The van der Waals surface area contributed by atoms with E-state index in [4.69, 9.17) is 9.47 Å². The van der Waals surface area contributed by atoms with E-state index in [9.17, 15) is 14.4 Å². The molecule has 0 spiro atoms. The first-order valence-electron chi connectivity index (χ1n) is 8.81. The Morgan fingerprint density at radius 1 is 1.07 bits per heavy atom. The second-order valence-electron chi connectivity index (χ2n) is 6.14. The minimum atomic E-state index is -0.942. The maximum absolute atomic E-state index is 12.3. The number of benzene rings is 2. The number of hydrogen-bond donors (Lipinski definition) is 3. The van der Waals surface area contributed by atoms with E-state index in [-0.39, 0.29) is 25.5 Å². The van der Waals surface area contributed by atoms with Crippen molar-refractivity contribution in [2.24, 2.45) is 0 Å². The molecule has 2 aromatic carbocycles. The smallest absolute Gasteiger partial charge is 0.254 e. The van der Waals surface area contributed by atoms with Crippen molar-refractivity contribution in [3.8, 4) is 11.5 Å². The molecule has 0 radical (unpaired) electrons. The SMILES string of the molecule is COc1ccc(OCCNC(=O)CC2NC(=O)c3ccccc3NC2=O)cc1. The van der Waals surface area contributed by atoms with Crippen molar-refractivity contribution in [1.29, 1.82) is 0 Å². The summed E-state index contributed by atoms with van der Waals surface area (Å²) in [5.41, 5.74) is 0.799. The number of rotatable bonds is 7. The summed E-state index contributed by atoms with van der Waals surface area (Å²) >= 11 is 0. The lowest BCUT2D eigenvalue weighted by Crippen LogP contribution is -2.45. The van der Waals surface area contributed by atoms with Crippen LogP contribution in [0.1, 0.15) is 16.8 Å². The molecule has 1 aliphatic heterocycles. The topological polar surface area (TPSA) is 106 Å². The van der Waals surface area contributed by atoms with Gasteiger partial charge in [0.1, 0.15) is 24.1 Å². The summed E-state index contributed by atoms with van der Waals surface area (Å²) in [6.45, 7) is 0.542. The zero-order chi connectivity index (χ0) is 19.9. The Bertz CT molecular complexity index is 866. The standard InChI is InChI=1S/C20H21N3O5/c1-27-13-6-8-14(9-7-13)28-11-10-21-18(24)12-17-20(26)22-16-5-3-2-4-15(16)19(25)23-17/h2-9,17H,10-12H2,1H3,(H,21,24)(H,22,26)(H,23,25). The zero-order valence-corrected chi connectivity index (χ0v) is 15.4. The molecule has 0 saturated carbocycles. The maximum atomic E-state index is 12.3. The quantitative estimate of drug-likeness (QED) is 0.626. The molecule has 1 atom stereocenters. The summed E-state index contributed by atoms with van der Waals surface area (Å²) in [5.74, 6) is 0.206. The molecule has 0 aliphatic carbocycles. The predicted molar refractivity (Wildman–Crippen MR) is 102 cm³/mol. The maximum Gasteiger partial charge on any atom is 0.254 e. The number of carbonyl (C=O) groups is 3. The molecule has 3 N–H and O–H groups in total. The third-order valence-corrected chi connectivity index (χ3v) is 4.19. The van der Waals surface area contributed by atoms with E-state index in [1.807, 2.05) is 0 Å². The third kappa shape index (κ3) is 4.79. The average molecular weight is 383 g/mol. The Morgan fingerprint density at radius 3 is 2.54 bits per heavy atom. The van der Waals surface area contributed by atoms with E-state index in [1.54, 1.807) is 55.6 Å². The van der Waals surface area contributed by atoms with E-state index in [0.717, 1.165) is 5.75 Å². The molecule has 0 saturated heterocycles. The minimum absolute atomic E-state index is 0.159. The number of carbonyl (C=O) groups excluding carboxylic acids is 3. The molecule has 2 aromatic rings. The summed E-state index contributed by atoms with van der Waals surface area (Å²) < 4.78 is 10.6. The van der Waals surface area contributed by atoms with Crippen LogP contribution in [0.2, 0.25) is 0 Å². The number of amides is 3. The van der Waals surface area contributed by atoms with Crippen LogP contribution in [0.15, 0.2) is 48.5 Å². The van der Waals surface area contributed by atoms with Crippen molar-refractivity contribution in [1.82, 2.24) is 10.6 Å². The number of methoxy groups -OCH3 is 1. The van der Waals surface area contributed by atoms with Crippen LogP contribution in [0, 0.1) is 0 Å². The molecule has 8 nitrogen and oxygen atoms in total. The normalized spacial score (nSPS) is 15.5. The molecule has 3 amide bonds. The first-order valence-corrected chi connectivity index (χ1v) is 8.81. The second-order valence-corrected chi connectivity index (χ2v) is 6.14. The number of ether oxygens (including phenoxy) is 2. The van der Waals surface area contributed by atoms with Gasteiger partial charge >= 0.3 is 0 Å². The van der Waals surface area contributed by atoms with Crippen molar-refractivity contribution in [3.63, 3.8) is 0 Å². The third-order valence-electron chi connectivity index (χ3n) is 4.19. The number of anilines is 1. The van der Waals surface area contributed by atoms with Gasteiger partial charge in [0, 0.05) is 0 Å². The zero-order valence-electron chi connectivity index (χ0n) is 15.4. The molecule has 8 heteroatoms. The van der Waals surface area contributed by atoms with Crippen LogP contribution in [0.4, 0.5) is 5.69 Å². The summed E-state index contributed by atoms with van der Waals surface area (Å²) in [7, 11) is 1.58. The van der Waals surface area contributed by atoms with E-state index >= 15 is 0 Å². The molecular weight excluding hydrogens is 362 g/mol. The molecule has 1 heterocycles. The van der Waals surface area contributed by atoms with Gasteiger partial charge in [-0.15, -0.1) is 0 Å². The van der Waals surface area contributed by atoms with Crippen molar-refractivity contribution in [2.75, 3.05) is 25.6 Å². The van der Waals surface area contributed by atoms with Crippen molar-refractivity contribution >= 4 is 23.4 Å². The Balaban J connectivity index is 1.45. The van der Waals surface area contributed by atoms with Gasteiger partial charge in [-0.05, 0) is 36.4 Å². The molecule has 146 valence electrons. The highest BCUT2D eigenvalue weighted by molar-refractivity contribution is 6.10. The molecule has 3 rings (SSSR count). The van der Waals surface area contributed by atoms with Crippen molar-refractivity contribution in [3.05, 3.63) is 54.1 Å². The van der Waals surface area contributed by atoms with Crippen molar-refractivity contribution in [2.45, 2.75) is 12.5 Å². The molecule has 0 bridgehead atoms. The van der Waals surface area contributed by atoms with Gasteiger partial charge in [-0.2, -0.15) is 0 Å². The van der Waals surface area contributed by atoms with Gasteiger partial charge in [-0.3, -0.25) is 14.4 Å². The number of hydrogen-bond acceptors (Lipinski definition) is 5. The lowest BCUT2D eigenvalue weighted by atomic mass is 10.1.